The van der Waals surface area contributed by atoms with E-state index in [0.717, 1.165) is 0 Å². The summed E-state index contributed by atoms with van der Waals surface area (Å²) in [4.78, 5) is 11.4. The van der Waals surface area contributed by atoms with Crippen LogP contribution in [0.4, 0.5) is 5.69 Å². The zero-order chi connectivity index (χ0) is 16.6. The van der Waals surface area contributed by atoms with Crippen LogP contribution in [0.2, 0.25) is 0 Å². The number of amides is 1. The molecule has 0 fully saturated rings. The number of furan rings is 1. The molecule has 2 aromatic rings. The van der Waals surface area contributed by atoms with Gasteiger partial charge in [0, 0.05) is 0 Å². The zero-order valence-corrected chi connectivity index (χ0v) is 13.4. The van der Waals surface area contributed by atoms with Gasteiger partial charge in [0.05, 0.1) is 16.6 Å². The van der Waals surface area contributed by atoms with Crippen molar-refractivity contribution < 1.29 is 22.4 Å². The monoisotopic (exact) mass is 336 g/mol. The highest BCUT2D eigenvalue weighted by Crippen LogP contribution is 2.30. The lowest BCUT2D eigenvalue weighted by Gasteiger charge is -2.19. The number of carbonyl (C=O) groups excluding carboxylic acids is 1. The molecule has 1 amide bonds. The summed E-state index contributed by atoms with van der Waals surface area (Å²) in [6.07, 6.45) is 0. The van der Waals surface area contributed by atoms with Crippen molar-refractivity contribution in [2.45, 2.75) is 24.8 Å². The van der Waals surface area contributed by atoms with Gasteiger partial charge in [-0.1, -0.05) is 0 Å². The summed E-state index contributed by atoms with van der Waals surface area (Å²) < 4.78 is 38.2. The van der Waals surface area contributed by atoms with Crippen LogP contribution in [0.3, 0.4) is 0 Å². The van der Waals surface area contributed by atoms with Crippen molar-refractivity contribution in [1.29, 1.82) is 0 Å². The molecule has 2 N–H and O–H groups in total. The maximum Gasteiger partial charge on any atom is 0.262 e. The van der Waals surface area contributed by atoms with Crippen molar-refractivity contribution >= 4 is 21.6 Å². The number of ether oxygens (including phenoxy) is 1. The van der Waals surface area contributed by atoms with Crippen LogP contribution in [-0.2, 0) is 14.8 Å². The van der Waals surface area contributed by atoms with Gasteiger partial charge in [0.1, 0.15) is 17.3 Å². The highest BCUT2D eigenvalue weighted by Gasteiger charge is 2.23. The predicted molar refractivity (Wildman–Crippen MR) is 82.7 cm³/mol. The third-order valence-electron chi connectivity index (χ3n) is 3.41. The minimum atomic E-state index is -3.77. The van der Waals surface area contributed by atoms with Crippen molar-refractivity contribution in [1.82, 2.24) is 4.72 Å². The number of benzene rings is 1. The Balaban J connectivity index is 1.85. The average molecular weight is 336 g/mol. The van der Waals surface area contributed by atoms with E-state index in [2.05, 4.69) is 10.0 Å². The van der Waals surface area contributed by atoms with Crippen molar-refractivity contribution in [3.63, 3.8) is 0 Å². The summed E-state index contributed by atoms with van der Waals surface area (Å²) in [5, 5.41) is 2.59. The van der Waals surface area contributed by atoms with Gasteiger partial charge in [0.25, 0.3) is 5.91 Å². The molecule has 2 heterocycles. The van der Waals surface area contributed by atoms with E-state index in [0.29, 0.717) is 23.0 Å². The van der Waals surface area contributed by atoms with Crippen LogP contribution < -0.4 is 14.8 Å². The number of anilines is 1. The van der Waals surface area contributed by atoms with E-state index < -0.39 is 16.1 Å². The fourth-order valence-electron chi connectivity index (χ4n) is 2.27. The number of nitrogens with one attached hydrogen (secondary N) is 2. The second-order valence-corrected chi connectivity index (χ2v) is 7.00. The first-order chi connectivity index (χ1) is 10.8. The van der Waals surface area contributed by atoms with E-state index in [1.54, 1.807) is 26.0 Å². The summed E-state index contributed by atoms with van der Waals surface area (Å²) in [5.74, 6) is 1.36. The molecule has 0 spiro atoms. The number of hydrogen-bond acceptors (Lipinski definition) is 5. The lowest BCUT2D eigenvalue weighted by molar-refractivity contribution is -0.118. The minimum Gasteiger partial charge on any atom is -0.482 e. The predicted octanol–water partition coefficient (Wildman–Crippen LogP) is 1.96. The van der Waals surface area contributed by atoms with Crippen LogP contribution in [0.25, 0.3) is 0 Å². The standard InChI is InChI=1S/C15H16N2O5S/c1-9-3-5-13(22-9)10(2)17-23(19,20)11-4-6-14-12(7-11)16-15(18)8-21-14/h3-7,10,17H,8H2,1-2H3,(H,16,18)/t10-/m0/s1. The first-order valence-corrected chi connectivity index (χ1v) is 8.49. The van der Waals surface area contributed by atoms with E-state index in [1.807, 2.05) is 0 Å². The Morgan fingerprint density at radius 2 is 2.04 bits per heavy atom. The molecule has 7 nitrogen and oxygen atoms in total. The summed E-state index contributed by atoms with van der Waals surface area (Å²) in [6.45, 7) is 3.40. The van der Waals surface area contributed by atoms with E-state index in [4.69, 9.17) is 9.15 Å². The van der Waals surface area contributed by atoms with E-state index in [9.17, 15) is 13.2 Å². The minimum absolute atomic E-state index is 0.0391. The number of carbonyl (C=O) groups is 1. The Labute approximate surface area is 133 Å². The summed E-state index contributed by atoms with van der Waals surface area (Å²) in [5.41, 5.74) is 0.339. The Kier molecular flexibility index (Phi) is 3.87. The molecule has 122 valence electrons. The first kappa shape index (κ1) is 15.6. The molecule has 0 saturated heterocycles. The molecule has 0 bridgehead atoms. The molecular formula is C15H16N2O5S. The van der Waals surface area contributed by atoms with Gasteiger partial charge in [0.2, 0.25) is 10.0 Å². The molecule has 1 aromatic carbocycles. The fraction of sp³-hybridized carbons (Fsp3) is 0.267. The Morgan fingerprint density at radius 1 is 1.26 bits per heavy atom. The van der Waals surface area contributed by atoms with Crippen LogP contribution >= 0.6 is 0 Å². The van der Waals surface area contributed by atoms with Crippen molar-refractivity contribution in [3.05, 3.63) is 41.9 Å². The van der Waals surface area contributed by atoms with Crippen LogP contribution in [-0.4, -0.2) is 20.9 Å². The maximum atomic E-state index is 12.5. The van der Waals surface area contributed by atoms with Crippen molar-refractivity contribution in [3.8, 4) is 5.75 Å². The Morgan fingerprint density at radius 3 is 2.74 bits per heavy atom. The van der Waals surface area contributed by atoms with Gasteiger partial charge in [-0.25, -0.2) is 13.1 Å². The number of fused-ring (bicyclic) bond motifs is 1. The third kappa shape index (κ3) is 3.22. The Hall–Kier alpha value is -2.32. The molecule has 1 atom stereocenters. The van der Waals surface area contributed by atoms with Gasteiger partial charge in [0.15, 0.2) is 6.61 Å². The lowest BCUT2D eigenvalue weighted by Crippen LogP contribution is -2.28. The summed E-state index contributed by atoms with van der Waals surface area (Å²) in [7, 11) is -3.77. The molecule has 0 unspecified atom stereocenters. The van der Waals surface area contributed by atoms with Gasteiger partial charge < -0.3 is 14.5 Å². The highest BCUT2D eigenvalue weighted by atomic mass is 32.2. The molecular weight excluding hydrogens is 320 g/mol. The van der Waals surface area contributed by atoms with E-state index in [-0.39, 0.29) is 17.4 Å². The molecule has 0 saturated carbocycles. The van der Waals surface area contributed by atoms with Gasteiger partial charge in [-0.05, 0) is 44.2 Å². The normalized spacial score (nSPS) is 15.5. The molecule has 1 aromatic heterocycles. The molecule has 0 aliphatic carbocycles. The largest absolute Gasteiger partial charge is 0.482 e. The Bertz CT molecular complexity index is 857. The topological polar surface area (TPSA) is 97.6 Å². The molecule has 0 radical (unpaired) electrons. The average Bonchev–Trinajstić information content (AvgIpc) is 2.92. The second-order valence-electron chi connectivity index (χ2n) is 5.29. The summed E-state index contributed by atoms with van der Waals surface area (Å²) >= 11 is 0. The smallest absolute Gasteiger partial charge is 0.262 e. The number of hydrogen-bond donors (Lipinski definition) is 2. The van der Waals surface area contributed by atoms with Crippen molar-refractivity contribution in [2.75, 3.05) is 11.9 Å². The van der Waals surface area contributed by atoms with E-state index >= 15 is 0 Å². The van der Waals surface area contributed by atoms with Gasteiger partial charge in [-0.15, -0.1) is 0 Å². The number of rotatable bonds is 4. The molecule has 3 rings (SSSR count). The van der Waals surface area contributed by atoms with Gasteiger partial charge >= 0.3 is 0 Å². The third-order valence-corrected chi connectivity index (χ3v) is 4.95. The second kappa shape index (κ2) is 5.71. The maximum absolute atomic E-state index is 12.5. The molecule has 1 aliphatic rings. The first-order valence-electron chi connectivity index (χ1n) is 7.00. The fourth-order valence-corrected chi connectivity index (χ4v) is 3.51. The molecule has 1 aliphatic heterocycles. The van der Waals surface area contributed by atoms with E-state index in [1.165, 1.54) is 18.2 Å². The van der Waals surface area contributed by atoms with Gasteiger partial charge in [-0.2, -0.15) is 0 Å². The summed E-state index contributed by atoms with van der Waals surface area (Å²) in [6, 6.07) is 7.30. The number of aryl methyl sites for hydroxylation is 1. The van der Waals surface area contributed by atoms with Crippen LogP contribution in [0.5, 0.6) is 5.75 Å². The zero-order valence-electron chi connectivity index (χ0n) is 12.6. The number of sulfonamides is 1. The molecule has 8 heteroatoms. The van der Waals surface area contributed by atoms with Crippen LogP contribution in [0.15, 0.2) is 39.6 Å². The lowest BCUT2D eigenvalue weighted by atomic mass is 10.2. The quantitative estimate of drug-likeness (QED) is 0.889. The van der Waals surface area contributed by atoms with Crippen molar-refractivity contribution in [2.24, 2.45) is 0 Å². The van der Waals surface area contributed by atoms with Crippen LogP contribution in [0.1, 0.15) is 24.5 Å². The SMILES string of the molecule is Cc1ccc([C@H](C)NS(=O)(=O)c2ccc3c(c2)NC(=O)CO3)o1. The van der Waals surface area contributed by atoms with Gasteiger partial charge in [-0.3, -0.25) is 4.79 Å². The van der Waals surface area contributed by atoms with Crippen LogP contribution in [0, 0.1) is 6.92 Å². The highest BCUT2D eigenvalue weighted by molar-refractivity contribution is 7.89. The molecule has 23 heavy (non-hydrogen) atoms.